The summed E-state index contributed by atoms with van der Waals surface area (Å²) in [5.41, 5.74) is -0.0299. The molecule has 1 saturated heterocycles. The van der Waals surface area contributed by atoms with Crippen molar-refractivity contribution < 1.29 is 24.9 Å². The maximum absolute atomic E-state index is 13.0. The van der Waals surface area contributed by atoms with Gasteiger partial charge in [-0.2, -0.15) is 4.65 Å². The van der Waals surface area contributed by atoms with E-state index < -0.39 is 17.6 Å². The Balaban J connectivity index is 1.58. The molecule has 7 unspecified atom stereocenters. The molecule has 2 spiro atoms. The van der Waals surface area contributed by atoms with Gasteiger partial charge in [0, 0.05) is 29.1 Å². The number of nitrogens with zero attached hydrogens (tertiary/aromatic N) is 1. The number of hydroxylamine groups is 3. The molecule has 5 nitrogen and oxygen atoms in total. The lowest BCUT2D eigenvalue weighted by atomic mass is 9.24. The van der Waals surface area contributed by atoms with Gasteiger partial charge >= 0.3 is 0 Å². The molecule has 27 heavy (non-hydrogen) atoms. The Hall–Kier alpha value is -0.750. The van der Waals surface area contributed by atoms with Crippen molar-refractivity contribution in [2.45, 2.75) is 64.2 Å². The van der Waals surface area contributed by atoms with Gasteiger partial charge in [-0.05, 0) is 50.0 Å². The molecule has 0 aromatic heterocycles. The highest BCUT2D eigenvalue weighted by Gasteiger charge is 2.89. The number of ketones is 1. The molecule has 3 N–H and O–H groups in total. The Morgan fingerprint density at radius 2 is 2.04 bits per heavy atom. The molecule has 7 aliphatic rings. The van der Waals surface area contributed by atoms with Crippen molar-refractivity contribution in [1.82, 2.24) is 0 Å². The third kappa shape index (κ3) is 1.47. The van der Waals surface area contributed by atoms with E-state index in [1.54, 1.807) is 0 Å². The number of hydrogen-bond acceptors (Lipinski definition) is 4. The number of quaternary nitrogens is 1. The van der Waals surface area contributed by atoms with Crippen LogP contribution in [0.25, 0.3) is 0 Å². The molecule has 6 saturated carbocycles. The first-order valence-electron chi connectivity index (χ1n) is 10.8. The maximum Gasteiger partial charge on any atom is 0.140 e. The molecule has 0 radical (unpaired) electrons. The van der Waals surface area contributed by atoms with Gasteiger partial charge in [0.25, 0.3) is 0 Å². The lowest BCUT2D eigenvalue weighted by Gasteiger charge is -2.83. The Morgan fingerprint density at radius 3 is 2.74 bits per heavy atom. The second-order valence-electron chi connectivity index (χ2n) is 11.2. The quantitative estimate of drug-likeness (QED) is 0.484. The minimum atomic E-state index is -0.637. The summed E-state index contributed by atoms with van der Waals surface area (Å²) in [5.74, 6) is 0.659. The van der Waals surface area contributed by atoms with Crippen molar-refractivity contribution in [1.29, 1.82) is 0 Å². The number of Topliss-reactive ketones (excluding diaryl/α,β-unsaturated/α-hetero) is 1. The van der Waals surface area contributed by atoms with E-state index >= 15 is 0 Å². The van der Waals surface area contributed by atoms with Gasteiger partial charge in [-0.1, -0.05) is 13.5 Å². The lowest BCUT2D eigenvalue weighted by molar-refractivity contribution is -1.15. The monoisotopic (exact) mass is 374 g/mol. The Morgan fingerprint density at radius 1 is 1.30 bits per heavy atom. The molecule has 0 aromatic rings. The molecule has 7 fully saturated rings. The third-order valence-corrected chi connectivity index (χ3v) is 10.5. The zero-order valence-electron chi connectivity index (χ0n) is 16.4. The number of carbonyl (C=O) groups is 1. The SMILES string of the molecule is C=C1C2CC3(C[C@@H]4C5C6(C3CC2=O)C4[N+](O)(CC)C[C@]5(C)CC[C@H]6O)[C@H]1O. The zero-order chi connectivity index (χ0) is 19.1. The van der Waals surface area contributed by atoms with Gasteiger partial charge in [-0.15, -0.1) is 0 Å². The molecule has 1 heterocycles. The van der Waals surface area contributed by atoms with Crippen LogP contribution in [0.1, 0.15) is 46.0 Å². The minimum Gasteiger partial charge on any atom is -0.392 e. The normalized spacial score (nSPS) is 65.6. The first-order valence-corrected chi connectivity index (χ1v) is 10.8. The standard InChI is InChI=1S/C22H32NO4/c1-4-23(27)10-20(3)6-5-16(25)22-15-7-14(24)12-8-21(15,19(26)11(12)2)9-13(17(20)22)18(22)23/h12-13,15-19,25-27H,2,4-10H2,1,3H3/q+1/t12?,13-,15?,16-,17?,18?,19+,20+,21?,22?,23?/m1/s1. The van der Waals surface area contributed by atoms with Crippen molar-refractivity contribution in [3.8, 4) is 0 Å². The molecule has 0 aromatic carbocycles. The second kappa shape index (κ2) is 4.53. The van der Waals surface area contributed by atoms with Gasteiger partial charge < -0.3 is 10.2 Å². The van der Waals surface area contributed by atoms with Crippen LogP contribution in [0.3, 0.4) is 0 Å². The van der Waals surface area contributed by atoms with Crippen molar-refractivity contribution in [3.63, 3.8) is 0 Å². The fourth-order valence-electron chi connectivity index (χ4n) is 10.1. The van der Waals surface area contributed by atoms with Crippen LogP contribution in [0, 0.1) is 39.9 Å². The highest BCUT2D eigenvalue weighted by molar-refractivity contribution is 5.87. The van der Waals surface area contributed by atoms with E-state index in [2.05, 4.69) is 13.5 Å². The summed E-state index contributed by atoms with van der Waals surface area (Å²) in [4.78, 5) is 13.0. The summed E-state index contributed by atoms with van der Waals surface area (Å²) in [6.07, 6.45) is 2.59. The van der Waals surface area contributed by atoms with E-state index in [4.69, 9.17) is 0 Å². The average Bonchev–Trinajstić information content (AvgIpc) is 2.81. The zero-order valence-corrected chi connectivity index (χ0v) is 16.4. The van der Waals surface area contributed by atoms with Crippen LogP contribution in [-0.2, 0) is 4.79 Å². The first-order chi connectivity index (χ1) is 12.7. The third-order valence-electron chi connectivity index (χ3n) is 10.5. The van der Waals surface area contributed by atoms with E-state index in [1.165, 1.54) is 0 Å². The number of piperidine rings is 2. The number of carbonyl (C=O) groups excluding carboxylic acids is 1. The predicted molar refractivity (Wildman–Crippen MR) is 97.4 cm³/mol. The molecule has 1 aliphatic heterocycles. The van der Waals surface area contributed by atoms with Crippen LogP contribution >= 0.6 is 0 Å². The molecule has 6 aliphatic carbocycles. The van der Waals surface area contributed by atoms with Crippen molar-refractivity contribution in [2.75, 3.05) is 13.1 Å². The molecule has 7 rings (SSSR count). The van der Waals surface area contributed by atoms with Gasteiger partial charge in [-0.3, -0.25) is 4.79 Å². The summed E-state index contributed by atoms with van der Waals surface area (Å²) in [6.45, 7) is 9.84. The number of aliphatic hydroxyl groups is 2. The number of likely N-dealkylation sites (tertiary alicyclic amines) is 1. The minimum absolute atomic E-state index is 0.00543. The van der Waals surface area contributed by atoms with Gasteiger partial charge in [0.15, 0.2) is 0 Å². The maximum atomic E-state index is 13.0. The highest BCUT2D eigenvalue weighted by atomic mass is 16.5. The molecule has 7 bridgehead atoms. The van der Waals surface area contributed by atoms with E-state index in [-0.39, 0.29) is 39.1 Å². The molecule has 5 heteroatoms. The molecule has 11 atom stereocenters. The largest absolute Gasteiger partial charge is 0.392 e. The first kappa shape index (κ1) is 17.1. The van der Waals surface area contributed by atoms with Crippen molar-refractivity contribution in [3.05, 3.63) is 12.2 Å². The molecule has 148 valence electrons. The lowest BCUT2D eigenvalue weighted by Crippen LogP contribution is -2.91. The van der Waals surface area contributed by atoms with Gasteiger partial charge in [0.2, 0.25) is 0 Å². The van der Waals surface area contributed by atoms with Crippen molar-refractivity contribution >= 4 is 5.78 Å². The fraction of sp³-hybridized carbons (Fsp3) is 0.864. The highest BCUT2D eigenvalue weighted by Crippen LogP contribution is 2.83. The van der Waals surface area contributed by atoms with Crippen LogP contribution in [0.15, 0.2) is 12.2 Å². The number of rotatable bonds is 1. The molecular weight excluding hydrogens is 342 g/mol. The summed E-state index contributed by atoms with van der Waals surface area (Å²) in [6, 6.07) is 0.0110. The summed E-state index contributed by atoms with van der Waals surface area (Å²) in [7, 11) is 0. The average molecular weight is 375 g/mol. The predicted octanol–water partition coefficient (Wildman–Crippen LogP) is 1.90. The van der Waals surface area contributed by atoms with Gasteiger partial charge in [0.05, 0.1) is 17.6 Å². The van der Waals surface area contributed by atoms with Gasteiger partial charge in [-0.25, -0.2) is 5.21 Å². The van der Waals surface area contributed by atoms with Crippen molar-refractivity contribution in [2.24, 2.45) is 39.9 Å². The second-order valence-corrected chi connectivity index (χ2v) is 11.2. The van der Waals surface area contributed by atoms with Crippen LogP contribution < -0.4 is 0 Å². The van der Waals surface area contributed by atoms with E-state index in [0.717, 1.165) is 25.8 Å². The van der Waals surface area contributed by atoms with E-state index in [0.29, 0.717) is 36.8 Å². The Labute approximate surface area is 160 Å². The molecular formula is C22H32NO4+. The van der Waals surface area contributed by atoms with Gasteiger partial charge in [0.1, 0.15) is 24.9 Å². The van der Waals surface area contributed by atoms with E-state index in [9.17, 15) is 20.2 Å². The Kier molecular flexibility index (Phi) is 2.88. The number of fused-ring (bicyclic) bond motifs is 1. The summed E-state index contributed by atoms with van der Waals surface area (Å²) < 4.78 is 0.0377. The summed E-state index contributed by atoms with van der Waals surface area (Å²) >= 11 is 0. The fourth-order valence-corrected chi connectivity index (χ4v) is 10.1. The smallest absolute Gasteiger partial charge is 0.140 e. The summed E-state index contributed by atoms with van der Waals surface area (Å²) in [5, 5.41) is 34.3. The Bertz CT molecular complexity index is 780. The molecule has 0 amide bonds. The van der Waals surface area contributed by atoms with Crippen LogP contribution in [0.2, 0.25) is 0 Å². The van der Waals surface area contributed by atoms with Crippen LogP contribution in [0.4, 0.5) is 0 Å². The van der Waals surface area contributed by atoms with Crippen LogP contribution in [0.5, 0.6) is 0 Å². The number of aliphatic hydroxyl groups excluding tert-OH is 2. The topological polar surface area (TPSA) is 77.8 Å². The van der Waals surface area contributed by atoms with E-state index in [1.807, 2.05) is 6.92 Å². The van der Waals surface area contributed by atoms with Crippen LogP contribution in [-0.4, -0.2) is 57.2 Å². The number of hydrogen-bond donors (Lipinski definition) is 3.